The topological polar surface area (TPSA) is 53.2 Å². The number of carbonyl (C=O) groups excluding carboxylic acids is 1. The molecule has 0 atom stereocenters. The minimum Gasteiger partial charge on any atom is -0.361 e. The Kier molecular flexibility index (Phi) is 6.00. The van der Waals surface area contributed by atoms with E-state index in [4.69, 9.17) is 12.2 Å². The summed E-state index contributed by atoms with van der Waals surface area (Å²) in [6.07, 6.45) is 0. The van der Waals surface area contributed by atoms with E-state index in [0.717, 1.165) is 0 Å². The number of anilines is 1. The van der Waals surface area contributed by atoms with E-state index in [-0.39, 0.29) is 11.7 Å². The maximum atomic E-state index is 12.9. The summed E-state index contributed by atoms with van der Waals surface area (Å²) >= 11 is 8.29. The third kappa shape index (κ3) is 5.42. The lowest BCUT2D eigenvalue weighted by atomic mass is 10.3. The molecule has 1 aromatic carbocycles. The third-order valence-electron chi connectivity index (χ3n) is 1.96. The molecule has 0 unspecified atom stereocenters. The highest BCUT2D eigenvalue weighted by molar-refractivity contribution is 9.10. The Morgan fingerprint density at radius 1 is 1.39 bits per heavy atom. The lowest BCUT2D eigenvalue weighted by Gasteiger charge is -2.11. The normalized spacial score (nSPS) is 9.72. The minimum absolute atomic E-state index is 0.0862. The van der Waals surface area contributed by atoms with Gasteiger partial charge in [0.15, 0.2) is 5.11 Å². The van der Waals surface area contributed by atoms with Gasteiger partial charge in [-0.05, 0) is 46.3 Å². The fourth-order valence-electron chi connectivity index (χ4n) is 1.17. The standard InChI is InChI=1S/C11H13BrFN3OS/c1-7(17)14-4-5-15-11(18)16-10-3-2-8(13)6-9(10)12/h2-3,6H,4-5H2,1H3,(H,14,17)(H2,15,16,18). The summed E-state index contributed by atoms with van der Waals surface area (Å²) in [6.45, 7) is 2.46. The number of carbonyl (C=O) groups is 1. The quantitative estimate of drug-likeness (QED) is 0.582. The smallest absolute Gasteiger partial charge is 0.216 e. The molecule has 3 N–H and O–H groups in total. The molecule has 0 radical (unpaired) electrons. The van der Waals surface area contributed by atoms with E-state index in [1.54, 1.807) is 6.07 Å². The molecule has 0 aliphatic rings. The Balaban J connectivity index is 2.38. The van der Waals surface area contributed by atoms with Crippen molar-refractivity contribution in [2.75, 3.05) is 18.4 Å². The van der Waals surface area contributed by atoms with Crippen LogP contribution >= 0.6 is 28.1 Å². The zero-order valence-electron chi connectivity index (χ0n) is 9.72. The molecule has 4 nitrogen and oxygen atoms in total. The monoisotopic (exact) mass is 333 g/mol. The van der Waals surface area contributed by atoms with Gasteiger partial charge in [-0.1, -0.05) is 0 Å². The van der Waals surface area contributed by atoms with Gasteiger partial charge in [-0.25, -0.2) is 4.39 Å². The van der Waals surface area contributed by atoms with Gasteiger partial charge >= 0.3 is 0 Å². The fourth-order valence-corrected chi connectivity index (χ4v) is 1.83. The Labute approximate surface area is 118 Å². The van der Waals surface area contributed by atoms with Gasteiger partial charge in [0, 0.05) is 24.5 Å². The first kappa shape index (κ1) is 14.8. The summed E-state index contributed by atoms with van der Waals surface area (Å²) < 4.78 is 13.5. The van der Waals surface area contributed by atoms with E-state index in [0.29, 0.717) is 28.4 Å². The second-order valence-electron chi connectivity index (χ2n) is 3.49. The molecule has 0 aromatic heterocycles. The maximum absolute atomic E-state index is 12.9. The van der Waals surface area contributed by atoms with E-state index < -0.39 is 0 Å². The molecule has 0 aliphatic heterocycles. The molecular weight excluding hydrogens is 321 g/mol. The van der Waals surface area contributed by atoms with Gasteiger partial charge in [0.1, 0.15) is 5.82 Å². The Morgan fingerprint density at radius 2 is 2.06 bits per heavy atom. The molecule has 0 heterocycles. The number of halogens is 2. The van der Waals surface area contributed by atoms with Crippen LogP contribution in [0.2, 0.25) is 0 Å². The number of amides is 1. The average Bonchev–Trinajstić information content (AvgIpc) is 2.28. The van der Waals surface area contributed by atoms with Crippen LogP contribution in [0.5, 0.6) is 0 Å². The van der Waals surface area contributed by atoms with Crippen LogP contribution < -0.4 is 16.0 Å². The first-order valence-electron chi connectivity index (χ1n) is 5.23. The van der Waals surface area contributed by atoms with Gasteiger partial charge in [0.2, 0.25) is 5.91 Å². The Bertz CT molecular complexity index is 456. The predicted molar refractivity (Wildman–Crippen MR) is 77.0 cm³/mol. The molecule has 98 valence electrons. The van der Waals surface area contributed by atoms with Crippen molar-refractivity contribution in [2.45, 2.75) is 6.92 Å². The molecule has 0 bridgehead atoms. The second kappa shape index (κ2) is 7.27. The summed E-state index contributed by atoms with van der Waals surface area (Å²) in [7, 11) is 0. The number of thiocarbonyl (C=S) groups is 1. The van der Waals surface area contributed by atoms with Gasteiger partial charge in [-0.2, -0.15) is 0 Å². The first-order chi connectivity index (χ1) is 8.49. The summed E-state index contributed by atoms with van der Waals surface area (Å²) in [6, 6.07) is 4.27. The van der Waals surface area contributed by atoms with Crippen molar-refractivity contribution >= 4 is 44.9 Å². The number of hydrogen-bond donors (Lipinski definition) is 3. The Hall–Kier alpha value is -1.21. The van der Waals surface area contributed by atoms with Gasteiger partial charge in [0.05, 0.1) is 5.69 Å². The van der Waals surface area contributed by atoms with Crippen molar-refractivity contribution in [3.05, 3.63) is 28.5 Å². The van der Waals surface area contributed by atoms with Crippen LogP contribution in [-0.4, -0.2) is 24.1 Å². The Morgan fingerprint density at radius 3 is 2.67 bits per heavy atom. The van der Waals surface area contributed by atoms with Crippen LogP contribution in [0.1, 0.15) is 6.92 Å². The molecule has 1 amide bonds. The van der Waals surface area contributed by atoms with Gasteiger partial charge in [0.25, 0.3) is 0 Å². The molecule has 1 aromatic rings. The van der Waals surface area contributed by atoms with Crippen LogP contribution in [-0.2, 0) is 4.79 Å². The van der Waals surface area contributed by atoms with E-state index in [2.05, 4.69) is 31.9 Å². The number of nitrogens with one attached hydrogen (secondary N) is 3. The van der Waals surface area contributed by atoms with E-state index >= 15 is 0 Å². The summed E-state index contributed by atoms with van der Waals surface area (Å²) in [5, 5.41) is 8.88. The fraction of sp³-hybridized carbons (Fsp3) is 0.273. The molecule has 0 saturated heterocycles. The van der Waals surface area contributed by atoms with Gasteiger partial charge in [-0.15, -0.1) is 0 Å². The highest BCUT2D eigenvalue weighted by Crippen LogP contribution is 2.22. The molecule has 0 fully saturated rings. The summed E-state index contributed by atoms with van der Waals surface area (Å²) in [5.41, 5.74) is 0.674. The van der Waals surface area contributed by atoms with Crippen molar-refractivity contribution in [3.8, 4) is 0 Å². The van der Waals surface area contributed by atoms with Crippen LogP contribution in [0.25, 0.3) is 0 Å². The predicted octanol–water partition coefficient (Wildman–Crippen LogP) is 2.01. The number of rotatable bonds is 4. The zero-order chi connectivity index (χ0) is 13.5. The van der Waals surface area contributed by atoms with Crippen LogP contribution in [0.3, 0.4) is 0 Å². The van der Waals surface area contributed by atoms with E-state index in [9.17, 15) is 9.18 Å². The highest BCUT2D eigenvalue weighted by atomic mass is 79.9. The third-order valence-corrected chi connectivity index (χ3v) is 2.87. The molecule has 0 saturated carbocycles. The molecule has 0 spiro atoms. The molecule has 0 aliphatic carbocycles. The number of benzene rings is 1. The molecule has 7 heteroatoms. The largest absolute Gasteiger partial charge is 0.361 e. The lowest BCUT2D eigenvalue weighted by molar-refractivity contribution is -0.118. The maximum Gasteiger partial charge on any atom is 0.216 e. The first-order valence-corrected chi connectivity index (χ1v) is 6.43. The highest BCUT2D eigenvalue weighted by Gasteiger charge is 2.03. The van der Waals surface area contributed by atoms with E-state index in [1.165, 1.54) is 19.1 Å². The van der Waals surface area contributed by atoms with Crippen LogP contribution in [0.4, 0.5) is 10.1 Å². The van der Waals surface area contributed by atoms with Crippen LogP contribution in [0, 0.1) is 5.82 Å². The molecule has 1 rings (SSSR count). The SMILES string of the molecule is CC(=O)NCCNC(=S)Nc1ccc(F)cc1Br. The summed E-state index contributed by atoms with van der Waals surface area (Å²) in [4.78, 5) is 10.6. The van der Waals surface area contributed by atoms with Gasteiger partial charge < -0.3 is 16.0 Å². The van der Waals surface area contributed by atoms with Crippen molar-refractivity contribution in [2.24, 2.45) is 0 Å². The molecule has 18 heavy (non-hydrogen) atoms. The van der Waals surface area contributed by atoms with Crippen molar-refractivity contribution in [3.63, 3.8) is 0 Å². The van der Waals surface area contributed by atoms with Crippen molar-refractivity contribution < 1.29 is 9.18 Å². The van der Waals surface area contributed by atoms with Crippen molar-refractivity contribution in [1.82, 2.24) is 10.6 Å². The van der Waals surface area contributed by atoms with Crippen LogP contribution in [0.15, 0.2) is 22.7 Å². The van der Waals surface area contributed by atoms with Gasteiger partial charge in [-0.3, -0.25) is 4.79 Å². The zero-order valence-corrected chi connectivity index (χ0v) is 12.1. The van der Waals surface area contributed by atoms with E-state index in [1.807, 2.05) is 0 Å². The molecular formula is C11H13BrFN3OS. The average molecular weight is 334 g/mol. The summed E-state index contributed by atoms with van der Waals surface area (Å²) in [5.74, 6) is -0.408. The second-order valence-corrected chi connectivity index (χ2v) is 4.75. The lowest BCUT2D eigenvalue weighted by Crippen LogP contribution is -2.35. The number of hydrogen-bond acceptors (Lipinski definition) is 2. The minimum atomic E-state index is -0.322. The van der Waals surface area contributed by atoms with Crippen molar-refractivity contribution in [1.29, 1.82) is 0 Å².